The van der Waals surface area contributed by atoms with Crippen LogP contribution in [0.25, 0.3) is 0 Å². The van der Waals surface area contributed by atoms with Crippen LogP contribution in [0.5, 0.6) is 5.75 Å². The van der Waals surface area contributed by atoms with Crippen molar-refractivity contribution >= 4 is 5.91 Å². The van der Waals surface area contributed by atoms with Crippen molar-refractivity contribution in [1.29, 1.82) is 0 Å². The van der Waals surface area contributed by atoms with Crippen molar-refractivity contribution in [2.45, 2.75) is 25.8 Å². The van der Waals surface area contributed by atoms with Crippen molar-refractivity contribution in [1.82, 2.24) is 4.90 Å². The van der Waals surface area contributed by atoms with Crippen LogP contribution in [0.3, 0.4) is 0 Å². The number of nitrogens with zero attached hydrogens (tertiary/aromatic N) is 1. The number of ether oxygens (including phenoxy) is 1. The molecule has 0 spiro atoms. The minimum absolute atomic E-state index is 0.0605. The molecule has 20 heavy (non-hydrogen) atoms. The highest BCUT2D eigenvalue weighted by Gasteiger charge is 2.22. The van der Waals surface area contributed by atoms with Crippen molar-refractivity contribution in [2.75, 3.05) is 20.2 Å². The van der Waals surface area contributed by atoms with E-state index in [1.54, 1.807) is 13.2 Å². The average Bonchev–Trinajstić information content (AvgIpc) is 2.86. The molecule has 4 heteroatoms. The van der Waals surface area contributed by atoms with Gasteiger partial charge in [-0.15, -0.1) is 0 Å². The normalized spacial score (nSPS) is 19.2. The number of hydrogen-bond acceptors (Lipinski definition) is 3. The maximum absolute atomic E-state index is 12.1. The van der Waals surface area contributed by atoms with Crippen LogP contribution in [0.1, 0.15) is 18.9 Å². The van der Waals surface area contributed by atoms with Gasteiger partial charge >= 0.3 is 0 Å². The molecule has 1 fully saturated rings. The number of methoxy groups -OCH3 is 1. The van der Waals surface area contributed by atoms with Crippen molar-refractivity contribution < 1.29 is 9.53 Å². The van der Waals surface area contributed by atoms with Gasteiger partial charge < -0.3 is 15.4 Å². The lowest BCUT2D eigenvalue weighted by molar-refractivity contribution is -0.125. The SMILES string of the molecule is COc1ccccc1C/C(C)=C/C(=O)N1CC[C@H](N)C1. The largest absolute Gasteiger partial charge is 0.496 e. The molecule has 4 nitrogen and oxygen atoms in total. The predicted molar refractivity (Wildman–Crippen MR) is 79.6 cm³/mol. The van der Waals surface area contributed by atoms with Gasteiger partial charge in [0.05, 0.1) is 7.11 Å². The monoisotopic (exact) mass is 274 g/mol. The van der Waals surface area contributed by atoms with Crippen LogP contribution >= 0.6 is 0 Å². The molecule has 1 heterocycles. The highest BCUT2D eigenvalue weighted by atomic mass is 16.5. The number of rotatable bonds is 4. The Labute approximate surface area is 120 Å². The second-order valence-electron chi connectivity index (χ2n) is 5.31. The molecule has 1 atom stereocenters. The third-order valence-corrected chi connectivity index (χ3v) is 3.57. The Hall–Kier alpha value is -1.81. The van der Waals surface area contributed by atoms with E-state index < -0.39 is 0 Å². The van der Waals surface area contributed by atoms with Gasteiger partial charge in [0.1, 0.15) is 5.75 Å². The van der Waals surface area contributed by atoms with Gasteiger partial charge in [-0.1, -0.05) is 23.8 Å². The number of likely N-dealkylation sites (tertiary alicyclic amines) is 1. The summed E-state index contributed by atoms with van der Waals surface area (Å²) in [6.07, 6.45) is 3.32. The van der Waals surface area contributed by atoms with Crippen molar-refractivity contribution in [3.63, 3.8) is 0 Å². The first-order valence-electron chi connectivity index (χ1n) is 6.93. The Bertz CT molecular complexity index is 511. The fourth-order valence-corrected chi connectivity index (χ4v) is 2.49. The van der Waals surface area contributed by atoms with Crippen LogP contribution < -0.4 is 10.5 Å². The fraction of sp³-hybridized carbons (Fsp3) is 0.438. The third kappa shape index (κ3) is 3.61. The highest BCUT2D eigenvalue weighted by molar-refractivity contribution is 5.88. The molecule has 1 saturated heterocycles. The topological polar surface area (TPSA) is 55.6 Å². The van der Waals surface area contributed by atoms with Crippen LogP contribution in [0.15, 0.2) is 35.9 Å². The first-order chi connectivity index (χ1) is 9.60. The summed E-state index contributed by atoms with van der Waals surface area (Å²) in [5.74, 6) is 0.918. The Morgan fingerprint density at radius 3 is 2.90 bits per heavy atom. The molecule has 2 N–H and O–H groups in total. The lowest BCUT2D eigenvalue weighted by Crippen LogP contribution is -2.30. The summed E-state index contributed by atoms with van der Waals surface area (Å²) in [4.78, 5) is 13.9. The molecule has 0 unspecified atom stereocenters. The molecular weight excluding hydrogens is 252 g/mol. The summed E-state index contributed by atoms with van der Waals surface area (Å²) in [6.45, 7) is 3.40. The Morgan fingerprint density at radius 1 is 1.50 bits per heavy atom. The van der Waals surface area contributed by atoms with Gasteiger partial charge in [-0.3, -0.25) is 4.79 Å². The van der Waals surface area contributed by atoms with Crippen molar-refractivity contribution in [3.8, 4) is 5.75 Å². The van der Waals surface area contributed by atoms with E-state index in [1.807, 2.05) is 36.1 Å². The van der Waals surface area contributed by atoms with Gasteiger partial charge in [-0.05, 0) is 31.4 Å². The smallest absolute Gasteiger partial charge is 0.246 e. The van der Waals surface area contributed by atoms with Gasteiger partial charge in [0.15, 0.2) is 0 Å². The van der Waals surface area contributed by atoms with E-state index in [-0.39, 0.29) is 11.9 Å². The minimum Gasteiger partial charge on any atom is -0.496 e. The average molecular weight is 274 g/mol. The molecule has 2 rings (SSSR count). The van der Waals surface area contributed by atoms with Crippen molar-refractivity contribution in [2.24, 2.45) is 5.73 Å². The first-order valence-corrected chi connectivity index (χ1v) is 6.93. The fourth-order valence-electron chi connectivity index (χ4n) is 2.49. The summed E-state index contributed by atoms with van der Waals surface area (Å²) in [7, 11) is 1.66. The molecule has 108 valence electrons. The zero-order chi connectivity index (χ0) is 14.5. The van der Waals surface area contributed by atoms with Gasteiger partial charge in [0.2, 0.25) is 5.91 Å². The zero-order valence-electron chi connectivity index (χ0n) is 12.1. The molecule has 0 bridgehead atoms. The molecule has 0 radical (unpaired) electrons. The van der Waals surface area contributed by atoms with E-state index in [0.29, 0.717) is 6.54 Å². The van der Waals surface area contributed by atoms with Crippen LogP contribution in [0.2, 0.25) is 0 Å². The number of carbonyl (C=O) groups is 1. The molecule has 1 aromatic carbocycles. The molecule has 0 aromatic heterocycles. The number of hydrogen-bond donors (Lipinski definition) is 1. The van der Waals surface area contributed by atoms with E-state index in [4.69, 9.17) is 10.5 Å². The van der Waals surface area contributed by atoms with Crippen LogP contribution in [-0.2, 0) is 11.2 Å². The van der Waals surface area contributed by atoms with Crippen LogP contribution in [0.4, 0.5) is 0 Å². The minimum atomic E-state index is 0.0605. The molecular formula is C16H22N2O2. The number of amides is 1. The van der Waals surface area contributed by atoms with E-state index in [1.165, 1.54) is 0 Å². The zero-order valence-corrected chi connectivity index (χ0v) is 12.1. The number of allylic oxidation sites excluding steroid dienone is 1. The van der Waals surface area contributed by atoms with E-state index in [2.05, 4.69) is 0 Å². The summed E-state index contributed by atoms with van der Waals surface area (Å²) >= 11 is 0. The van der Waals surface area contributed by atoms with E-state index in [9.17, 15) is 4.79 Å². The summed E-state index contributed by atoms with van der Waals surface area (Å²) in [5, 5.41) is 0. The van der Waals surface area contributed by atoms with Gasteiger partial charge in [0, 0.05) is 25.2 Å². The van der Waals surface area contributed by atoms with Crippen LogP contribution in [-0.4, -0.2) is 37.0 Å². The standard InChI is InChI=1S/C16H22N2O2/c1-12(9-13-5-3-4-6-15(13)20-2)10-16(19)18-8-7-14(17)11-18/h3-6,10,14H,7-9,11,17H2,1-2H3/b12-10+/t14-/m0/s1. The Balaban J connectivity index is 2.02. The summed E-state index contributed by atoms with van der Waals surface area (Å²) in [6, 6.07) is 8.00. The second kappa shape index (κ2) is 6.57. The maximum atomic E-state index is 12.1. The predicted octanol–water partition coefficient (Wildman–Crippen LogP) is 1.74. The number of carbonyl (C=O) groups excluding carboxylic acids is 1. The quantitative estimate of drug-likeness (QED) is 0.851. The second-order valence-corrected chi connectivity index (χ2v) is 5.31. The first kappa shape index (κ1) is 14.6. The lowest BCUT2D eigenvalue weighted by atomic mass is 10.0. The number of para-hydroxylation sites is 1. The van der Waals surface area contributed by atoms with Gasteiger partial charge in [-0.25, -0.2) is 0 Å². The molecule has 1 amide bonds. The lowest BCUT2D eigenvalue weighted by Gasteiger charge is -2.14. The molecule has 0 aliphatic carbocycles. The van der Waals surface area contributed by atoms with E-state index >= 15 is 0 Å². The summed E-state index contributed by atoms with van der Waals surface area (Å²) in [5.41, 5.74) is 7.94. The molecule has 1 aliphatic rings. The highest BCUT2D eigenvalue weighted by Crippen LogP contribution is 2.20. The molecule has 0 saturated carbocycles. The Morgan fingerprint density at radius 2 is 2.25 bits per heavy atom. The van der Waals surface area contributed by atoms with Crippen molar-refractivity contribution in [3.05, 3.63) is 41.5 Å². The maximum Gasteiger partial charge on any atom is 0.246 e. The Kier molecular flexibility index (Phi) is 4.79. The third-order valence-electron chi connectivity index (χ3n) is 3.57. The number of benzene rings is 1. The number of nitrogens with two attached hydrogens (primary N) is 1. The van der Waals surface area contributed by atoms with Gasteiger partial charge in [0.25, 0.3) is 0 Å². The molecule has 1 aliphatic heterocycles. The summed E-state index contributed by atoms with van der Waals surface area (Å²) < 4.78 is 5.33. The molecule has 1 aromatic rings. The van der Waals surface area contributed by atoms with E-state index in [0.717, 1.165) is 36.3 Å². The van der Waals surface area contributed by atoms with Gasteiger partial charge in [-0.2, -0.15) is 0 Å². The van der Waals surface area contributed by atoms with Crippen LogP contribution in [0, 0.1) is 0 Å².